The predicted molar refractivity (Wildman–Crippen MR) is 104 cm³/mol. The molecule has 0 radical (unpaired) electrons. The molecule has 0 unspecified atom stereocenters. The smallest absolute Gasteiger partial charge is 0.193 e. The summed E-state index contributed by atoms with van der Waals surface area (Å²) < 4.78 is 0. The molecule has 1 heterocycles. The first-order chi connectivity index (χ1) is 10.3. The molecule has 0 amide bonds. The van der Waals surface area contributed by atoms with Crippen LogP contribution in [-0.4, -0.2) is 37.5 Å². The molecule has 0 aromatic heterocycles. The number of benzene rings is 1. The summed E-state index contributed by atoms with van der Waals surface area (Å²) in [6.45, 7) is 3.39. The topological polar surface area (TPSA) is 27.6 Å². The van der Waals surface area contributed by atoms with Crippen LogP contribution < -0.4 is 5.32 Å². The Morgan fingerprint density at radius 1 is 1.09 bits per heavy atom. The molecule has 3 rings (SSSR count). The molecule has 1 saturated carbocycles. The molecular formula is C18H28IN3. The van der Waals surface area contributed by atoms with E-state index >= 15 is 0 Å². The van der Waals surface area contributed by atoms with Gasteiger partial charge >= 0.3 is 0 Å². The Balaban J connectivity index is 0.00000176. The summed E-state index contributed by atoms with van der Waals surface area (Å²) in [5.74, 6) is 2.84. The van der Waals surface area contributed by atoms with Crippen LogP contribution in [0.15, 0.2) is 35.3 Å². The molecule has 122 valence electrons. The summed E-state index contributed by atoms with van der Waals surface area (Å²) in [6.07, 6.45) is 6.56. The lowest BCUT2D eigenvalue weighted by atomic mass is 9.90. The Morgan fingerprint density at radius 2 is 1.77 bits per heavy atom. The van der Waals surface area contributed by atoms with Crippen LogP contribution in [0, 0.1) is 11.8 Å². The molecule has 1 aromatic carbocycles. The minimum atomic E-state index is 0. The van der Waals surface area contributed by atoms with Gasteiger partial charge in [-0.2, -0.15) is 0 Å². The van der Waals surface area contributed by atoms with Crippen LogP contribution in [0.5, 0.6) is 0 Å². The largest absolute Gasteiger partial charge is 0.356 e. The summed E-state index contributed by atoms with van der Waals surface area (Å²) in [5.41, 5.74) is 1.48. The zero-order valence-corrected chi connectivity index (χ0v) is 15.8. The van der Waals surface area contributed by atoms with Crippen molar-refractivity contribution in [3.63, 3.8) is 0 Å². The SMILES string of the molecule is CN=C(NCC1CC1)N1CCC(Cc2ccccc2)CC1.I. The highest BCUT2D eigenvalue weighted by atomic mass is 127. The third kappa shape index (κ3) is 5.14. The van der Waals surface area contributed by atoms with Crippen molar-refractivity contribution >= 4 is 29.9 Å². The Morgan fingerprint density at radius 3 is 2.36 bits per heavy atom. The standard InChI is InChI=1S/C18H27N3.HI/c1-19-18(20-14-17-7-8-17)21-11-9-16(10-12-21)13-15-5-3-2-4-6-15;/h2-6,16-17H,7-14H2,1H3,(H,19,20);1H. The number of aliphatic imine (C=N–C) groups is 1. The number of likely N-dealkylation sites (tertiary alicyclic amines) is 1. The Hall–Kier alpha value is -0.780. The van der Waals surface area contributed by atoms with Crippen LogP contribution >= 0.6 is 24.0 Å². The van der Waals surface area contributed by atoms with E-state index in [1.165, 1.54) is 37.7 Å². The van der Waals surface area contributed by atoms with Crippen LogP contribution in [-0.2, 0) is 6.42 Å². The summed E-state index contributed by atoms with van der Waals surface area (Å²) in [6, 6.07) is 10.9. The lowest BCUT2D eigenvalue weighted by molar-refractivity contribution is 0.259. The van der Waals surface area contributed by atoms with Crippen molar-refractivity contribution in [3.05, 3.63) is 35.9 Å². The average Bonchev–Trinajstić information content (AvgIpc) is 3.35. The Bertz CT molecular complexity index is 462. The number of nitrogens with one attached hydrogen (secondary N) is 1. The van der Waals surface area contributed by atoms with E-state index in [4.69, 9.17) is 0 Å². The first-order valence-electron chi connectivity index (χ1n) is 8.34. The normalized spacial score (nSPS) is 19.7. The number of rotatable bonds is 4. The van der Waals surface area contributed by atoms with E-state index < -0.39 is 0 Å². The fourth-order valence-electron chi connectivity index (χ4n) is 3.19. The second-order valence-electron chi connectivity index (χ2n) is 6.49. The van der Waals surface area contributed by atoms with Crippen molar-refractivity contribution in [2.75, 3.05) is 26.7 Å². The molecule has 0 bridgehead atoms. The van der Waals surface area contributed by atoms with Gasteiger partial charge in [0.15, 0.2) is 5.96 Å². The average molecular weight is 413 g/mol. The first-order valence-corrected chi connectivity index (χ1v) is 8.34. The van der Waals surface area contributed by atoms with Gasteiger partial charge in [0, 0.05) is 26.7 Å². The van der Waals surface area contributed by atoms with Crippen LogP contribution in [0.2, 0.25) is 0 Å². The molecule has 4 heteroatoms. The highest BCUT2D eigenvalue weighted by Gasteiger charge is 2.24. The quantitative estimate of drug-likeness (QED) is 0.465. The predicted octanol–water partition coefficient (Wildman–Crippen LogP) is 3.54. The second kappa shape index (κ2) is 8.75. The highest BCUT2D eigenvalue weighted by molar-refractivity contribution is 14.0. The van der Waals surface area contributed by atoms with Gasteiger partial charge in [-0.25, -0.2) is 0 Å². The number of halogens is 1. The van der Waals surface area contributed by atoms with Gasteiger partial charge in [-0.05, 0) is 49.5 Å². The lowest BCUT2D eigenvalue weighted by Gasteiger charge is -2.34. The fraction of sp³-hybridized carbons (Fsp3) is 0.611. The third-order valence-electron chi connectivity index (χ3n) is 4.74. The summed E-state index contributed by atoms with van der Waals surface area (Å²) in [4.78, 5) is 6.89. The van der Waals surface area contributed by atoms with Crippen molar-refractivity contribution in [1.82, 2.24) is 10.2 Å². The summed E-state index contributed by atoms with van der Waals surface area (Å²) in [5, 5.41) is 3.54. The van der Waals surface area contributed by atoms with E-state index in [1.54, 1.807) is 0 Å². The van der Waals surface area contributed by atoms with Crippen LogP contribution in [0.4, 0.5) is 0 Å². The molecular weight excluding hydrogens is 385 g/mol. The monoisotopic (exact) mass is 413 g/mol. The van der Waals surface area contributed by atoms with Crippen molar-refractivity contribution in [3.8, 4) is 0 Å². The zero-order valence-electron chi connectivity index (χ0n) is 13.5. The highest BCUT2D eigenvalue weighted by Crippen LogP contribution is 2.28. The number of piperidine rings is 1. The molecule has 1 aliphatic heterocycles. The van der Waals surface area contributed by atoms with Crippen molar-refractivity contribution in [1.29, 1.82) is 0 Å². The molecule has 3 nitrogen and oxygen atoms in total. The molecule has 1 saturated heterocycles. The maximum Gasteiger partial charge on any atom is 0.193 e. The van der Waals surface area contributed by atoms with Crippen LogP contribution in [0.1, 0.15) is 31.2 Å². The number of guanidine groups is 1. The third-order valence-corrected chi connectivity index (χ3v) is 4.74. The van der Waals surface area contributed by atoms with Crippen molar-refractivity contribution in [2.45, 2.75) is 32.1 Å². The molecule has 1 aromatic rings. The van der Waals surface area contributed by atoms with Crippen LogP contribution in [0.3, 0.4) is 0 Å². The fourth-order valence-corrected chi connectivity index (χ4v) is 3.19. The molecule has 22 heavy (non-hydrogen) atoms. The van der Waals surface area contributed by atoms with E-state index in [1.807, 2.05) is 7.05 Å². The van der Waals surface area contributed by atoms with E-state index in [-0.39, 0.29) is 24.0 Å². The van der Waals surface area contributed by atoms with E-state index in [0.717, 1.165) is 37.4 Å². The molecule has 0 spiro atoms. The molecule has 0 atom stereocenters. The first kappa shape index (κ1) is 17.6. The van der Waals surface area contributed by atoms with Gasteiger partial charge in [-0.15, -0.1) is 24.0 Å². The number of nitrogens with zero attached hydrogens (tertiary/aromatic N) is 2. The minimum Gasteiger partial charge on any atom is -0.356 e. The van der Waals surface area contributed by atoms with E-state index in [0.29, 0.717) is 0 Å². The molecule has 1 aliphatic carbocycles. The van der Waals surface area contributed by atoms with Gasteiger partial charge in [0.1, 0.15) is 0 Å². The van der Waals surface area contributed by atoms with Gasteiger partial charge in [-0.3, -0.25) is 4.99 Å². The Labute approximate surface area is 151 Å². The van der Waals surface area contributed by atoms with Gasteiger partial charge in [-0.1, -0.05) is 30.3 Å². The second-order valence-corrected chi connectivity index (χ2v) is 6.49. The van der Waals surface area contributed by atoms with Crippen LogP contribution in [0.25, 0.3) is 0 Å². The van der Waals surface area contributed by atoms with E-state index in [2.05, 4.69) is 45.5 Å². The minimum absolute atomic E-state index is 0. The summed E-state index contributed by atoms with van der Waals surface area (Å²) in [7, 11) is 1.91. The maximum atomic E-state index is 4.45. The number of hydrogen-bond donors (Lipinski definition) is 1. The van der Waals surface area contributed by atoms with Gasteiger partial charge in [0.05, 0.1) is 0 Å². The maximum absolute atomic E-state index is 4.45. The molecule has 2 fully saturated rings. The van der Waals surface area contributed by atoms with Gasteiger partial charge in [0.25, 0.3) is 0 Å². The molecule has 1 N–H and O–H groups in total. The van der Waals surface area contributed by atoms with Crippen molar-refractivity contribution < 1.29 is 0 Å². The van der Waals surface area contributed by atoms with E-state index in [9.17, 15) is 0 Å². The van der Waals surface area contributed by atoms with Gasteiger partial charge < -0.3 is 10.2 Å². The number of hydrogen-bond acceptors (Lipinski definition) is 1. The lowest BCUT2D eigenvalue weighted by Crippen LogP contribution is -2.46. The molecule has 2 aliphatic rings. The Kier molecular flexibility index (Phi) is 6.99. The van der Waals surface area contributed by atoms with Crippen molar-refractivity contribution in [2.24, 2.45) is 16.8 Å². The van der Waals surface area contributed by atoms with Gasteiger partial charge in [0.2, 0.25) is 0 Å². The zero-order chi connectivity index (χ0) is 14.5. The summed E-state index contributed by atoms with van der Waals surface area (Å²) >= 11 is 0.